The first-order valence-corrected chi connectivity index (χ1v) is 16.1. The minimum atomic E-state index is -4.15. The van der Waals surface area contributed by atoms with Crippen molar-refractivity contribution in [1.29, 1.82) is 0 Å². The summed E-state index contributed by atoms with van der Waals surface area (Å²) in [6, 6.07) is 5.27. The van der Waals surface area contributed by atoms with Crippen LogP contribution in [0.5, 0.6) is 0 Å². The van der Waals surface area contributed by atoms with Gasteiger partial charge in [-0.1, -0.05) is 22.9 Å². The van der Waals surface area contributed by atoms with E-state index in [9.17, 15) is 22.8 Å². The first kappa shape index (κ1) is 29.4. The predicted octanol–water partition coefficient (Wildman–Crippen LogP) is 3.60. The highest BCUT2D eigenvalue weighted by atomic mass is 35.5. The van der Waals surface area contributed by atoms with Crippen LogP contribution in [0.25, 0.3) is 10.2 Å². The van der Waals surface area contributed by atoms with Crippen LogP contribution in [0.4, 0.5) is 5.00 Å². The minimum absolute atomic E-state index is 0.268. The molecule has 0 spiro atoms. The van der Waals surface area contributed by atoms with Crippen molar-refractivity contribution in [1.82, 2.24) is 4.57 Å². The quantitative estimate of drug-likeness (QED) is 0.273. The number of carbonyl (C=O) groups excluding carboxylic acids is 3. The fourth-order valence-corrected chi connectivity index (χ4v) is 8.02. The van der Waals surface area contributed by atoms with E-state index in [4.69, 9.17) is 21.1 Å². The summed E-state index contributed by atoms with van der Waals surface area (Å²) in [5, 5.41) is 3.34. The lowest BCUT2D eigenvalue weighted by Gasteiger charge is -2.11. The fourth-order valence-electron chi connectivity index (χ4n) is 4.36. The second-order valence-corrected chi connectivity index (χ2v) is 13.5. The molecule has 10 nitrogen and oxygen atoms in total. The maximum Gasteiger partial charge on any atom is 0.341 e. The molecule has 1 aliphatic rings. The van der Waals surface area contributed by atoms with Crippen LogP contribution in [0.2, 0.25) is 5.02 Å². The first-order valence-electron chi connectivity index (χ1n) is 12.3. The molecule has 0 saturated carbocycles. The van der Waals surface area contributed by atoms with Crippen LogP contribution in [0, 0.1) is 0 Å². The highest BCUT2D eigenvalue weighted by Crippen LogP contribution is 2.38. The Morgan fingerprint density at radius 1 is 1.15 bits per heavy atom. The molecule has 2 aromatic heterocycles. The third kappa shape index (κ3) is 7.14. The summed E-state index contributed by atoms with van der Waals surface area (Å²) in [4.78, 5) is 43.1. The standard InChI is InChI=1S/C25H28ClN3O7S3/c1-3-36-11-10-29-17-9-8-15(26)12-19(17)38-25(29)28-21(31)14-39(33,34)13-20(30)27-23-22(24(32)35-2)16-6-4-5-7-18(16)37-23/h8-9,12H,3-7,10-11,13-14H2,1-2H3,(H,27,30). The van der Waals surface area contributed by atoms with Crippen molar-refractivity contribution in [3.05, 3.63) is 44.0 Å². The Morgan fingerprint density at radius 2 is 1.92 bits per heavy atom. The molecule has 2 amide bonds. The number of thiophene rings is 1. The van der Waals surface area contributed by atoms with Crippen molar-refractivity contribution in [3.63, 3.8) is 0 Å². The first-order chi connectivity index (χ1) is 18.6. The average Bonchev–Trinajstić information content (AvgIpc) is 3.39. The number of ether oxygens (including phenoxy) is 2. The highest BCUT2D eigenvalue weighted by molar-refractivity contribution is 7.92. The van der Waals surface area contributed by atoms with E-state index in [1.54, 1.807) is 22.8 Å². The van der Waals surface area contributed by atoms with Gasteiger partial charge in [0, 0.05) is 23.1 Å². The van der Waals surface area contributed by atoms with Crippen molar-refractivity contribution in [3.8, 4) is 0 Å². The van der Waals surface area contributed by atoms with Gasteiger partial charge >= 0.3 is 5.97 Å². The Hall–Kier alpha value is -2.58. The molecule has 0 saturated heterocycles. The molecule has 0 fully saturated rings. The number of fused-ring (bicyclic) bond motifs is 2. The molecule has 0 unspecified atom stereocenters. The number of methoxy groups -OCH3 is 1. The smallest absolute Gasteiger partial charge is 0.341 e. The zero-order valence-corrected chi connectivity index (χ0v) is 24.7. The Bertz CT molecular complexity index is 1590. The molecular weight excluding hydrogens is 586 g/mol. The molecule has 3 aromatic rings. The van der Waals surface area contributed by atoms with E-state index in [1.165, 1.54) is 29.8 Å². The van der Waals surface area contributed by atoms with E-state index >= 15 is 0 Å². The second-order valence-electron chi connectivity index (χ2n) is 8.84. The van der Waals surface area contributed by atoms with Crippen molar-refractivity contribution >= 4 is 77.1 Å². The molecule has 39 heavy (non-hydrogen) atoms. The lowest BCUT2D eigenvalue weighted by molar-refractivity contribution is -0.115. The summed E-state index contributed by atoms with van der Waals surface area (Å²) in [6.07, 6.45) is 3.36. The van der Waals surface area contributed by atoms with E-state index in [0.717, 1.165) is 39.9 Å². The minimum Gasteiger partial charge on any atom is -0.465 e. The van der Waals surface area contributed by atoms with Crippen LogP contribution in [-0.4, -0.2) is 62.6 Å². The number of rotatable bonds is 10. The van der Waals surface area contributed by atoms with Crippen molar-refractivity contribution in [2.45, 2.75) is 39.2 Å². The van der Waals surface area contributed by atoms with Crippen LogP contribution >= 0.6 is 34.3 Å². The monoisotopic (exact) mass is 613 g/mol. The summed E-state index contributed by atoms with van der Waals surface area (Å²) in [7, 11) is -2.89. The molecule has 210 valence electrons. The Balaban J connectivity index is 1.50. The van der Waals surface area contributed by atoms with Crippen molar-refractivity contribution in [2.24, 2.45) is 4.99 Å². The number of aryl methyl sites for hydroxylation is 1. The summed E-state index contributed by atoms with van der Waals surface area (Å²) in [5.74, 6) is -4.18. The third-order valence-electron chi connectivity index (χ3n) is 6.04. The number of hydrogen-bond donors (Lipinski definition) is 1. The molecule has 0 radical (unpaired) electrons. The lowest BCUT2D eigenvalue weighted by atomic mass is 9.95. The number of anilines is 1. The van der Waals surface area contributed by atoms with E-state index in [1.807, 2.05) is 6.92 Å². The van der Waals surface area contributed by atoms with Gasteiger partial charge in [0.2, 0.25) is 5.91 Å². The van der Waals surface area contributed by atoms with Crippen LogP contribution in [0.15, 0.2) is 23.2 Å². The molecule has 2 heterocycles. The number of sulfone groups is 1. The summed E-state index contributed by atoms with van der Waals surface area (Å²) in [5.41, 5.74) is 1.90. The summed E-state index contributed by atoms with van der Waals surface area (Å²) >= 11 is 8.56. The zero-order valence-electron chi connectivity index (χ0n) is 21.5. The molecule has 1 aromatic carbocycles. The van der Waals surface area contributed by atoms with Gasteiger partial charge in [-0.2, -0.15) is 4.99 Å². The molecule has 0 atom stereocenters. The second kappa shape index (κ2) is 12.7. The van der Waals surface area contributed by atoms with Gasteiger partial charge in [-0.05, 0) is 56.4 Å². The molecule has 14 heteroatoms. The number of nitrogens with one attached hydrogen (secondary N) is 1. The van der Waals surface area contributed by atoms with E-state index in [-0.39, 0.29) is 10.6 Å². The van der Waals surface area contributed by atoms with Gasteiger partial charge in [0.05, 0.1) is 29.5 Å². The van der Waals surface area contributed by atoms with Gasteiger partial charge in [0.15, 0.2) is 14.6 Å². The molecule has 1 aliphatic carbocycles. The Morgan fingerprint density at radius 3 is 2.67 bits per heavy atom. The summed E-state index contributed by atoms with van der Waals surface area (Å²) < 4.78 is 38.4. The lowest BCUT2D eigenvalue weighted by Crippen LogP contribution is -2.28. The number of thiazole rings is 1. The van der Waals surface area contributed by atoms with E-state index in [2.05, 4.69) is 10.3 Å². The molecule has 0 aliphatic heterocycles. The van der Waals surface area contributed by atoms with E-state index < -0.39 is 39.1 Å². The van der Waals surface area contributed by atoms with Gasteiger partial charge in [0.25, 0.3) is 5.91 Å². The third-order valence-corrected chi connectivity index (χ3v) is 9.91. The van der Waals surface area contributed by atoms with Crippen LogP contribution in [-0.2, 0) is 48.3 Å². The molecule has 1 N–H and O–H groups in total. The topological polar surface area (TPSA) is 133 Å². The molecule has 4 rings (SSSR count). The number of carbonyl (C=O) groups is 3. The van der Waals surface area contributed by atoms with Gasteiger partial charge in [-0.15, -0.1) is 11.3 Å². The fraction of sp³-hybridized carbons (Fsp3) is 0.440. The van der Waals surface area contributed by atoms with Crippen LogP contribution < -0.4 is 10.1 Å². The number of benzene rings is 1. The van der Waals surface area contributed by atoms with E-state index in [0.29, 0.717) is 36.0 Å². The normalized spacial score (nSPS) is 13.9. The van der Waals surface area contributed by atoms with Gasteiger partial charge < -0.3 is 19.4 Å². The maximum absolute atomic E-state index is 12.7. The van der Waals surface area contributed by atoms with Crippen molar-refractivity contribution in [2.75, 3.05) is 37.1 Å². The van der Waals surface area contributed by atoms with Gasteiger partial charge in [-0.25, -0.2) is 13.2 Å². The van der Waals surface area contributed by atoms with Crippen molar-refractivity contribution < 1.29 is 32.3 Å². The number of aromatic nitrogens is 1. The van der Waals surface area contributed by atoms with Crippen LogP contribution in [0.3, 0.4) is 0 Å². The molecular formula is C25H28ClN3O7S3. The number of nitrogens with zero attached hydrogens (tertiary/aromatic N) is 2. The SMILES string of the molecule is CCOCCn1c(=NC(=O)CS(=O)(=O)CC(=O)Nc2sc3c(c2C(=O)OC)CCCC3)sc2cc(Cl)ccc21. The number of esters is 1. The zero-order chi connectivity index (χ0) is 28.2. The van der Waals surface area contributed by atoms with Gasteiger partial charge in [0.1, 0.15) is 16.5 Å². The largest absolute Gasteiger partial charge is 0.465 e. The highest BCUT2D eigenvalue weighted by Gasteiger charge is 2.28. The Kier molecular flexibility index (Phi) is 9.60. The average molecular weight is 614 g/mol. The predicted molar refractivity (Wildman–Crippen MR) is 151 cm³/mol. The summed E-state index contributed by atoms with van der Waals surface area (Å²) in [6.45, 7) is 3.18. The van der Waals surface area contributed by atoms with Crippen LogP contribution in [0.1, 0.15) is 40.6 Å². The Labute approximate surface area is 238 Å². The maximum atomic E-state index is 12.7. The number of halogens is 1. The number of amides is 2. The molecule has 0 bridgehead atoms. The number of hydrogen-bond acceptors (Lipinski definition) is 9. The van der Waals surface area contributed by atoms with Gasteiger partial charge in [-0.3, -0.25) is 9.59 Å².